The molecule has 0 bridgehead atoms. The van der Waals surface area contributed by atoms with E-state index in [0.717, 1.165) is 3.57 Å². The van der Waals surface area contributed by atoms with E-state index in [2.05, 4.69) is 22.6 Å². The van der Waals surface area contributed by atoms with Gasteiger partial charge in [-0.15, -0.1) is 0 Å². The molecule has 0 aliphatic carbocycles. The van der Waals surface area contributed by atoms with Gasteiger partial charge < -0.3 is 0 Å². The van der Waals surface area contributed by atoms with E-state index in [4.69, 9.17) is 5.26 Å². The molecular weight excluding hydrogens is 356 g/mol. The summed E-state index contributed by atoms with van der Waals surface area (Å²) in [7, 11) is 0. The lowest BCUT2D eigenvalue weighted by Gasteiger charge is -2.08. The molecule has 0 fully saturated rings. The number of ketones is 1. The van der Waals surface area contributed by atoms with E-state index in [9.17, 15) is 9.18 Å². The van der Waals surface area contributed by atoms with Crippen molar-refractivity contribution in [1.29, 1.82) is 5.26 Å². The van der Waals surface area contributed by atoms with Crippen LogP contribution in [0, 0.1) is 20.7 Å². The van der Waals surface area contributed by atoms with E-state index in [0.29, 0.717) is 11.1 Å². The van der Waals surface area contributed by atoms with Gasteiger partial charge in [0, 0.05) is 9.13 Å². The van der Waals surface area contributed by atoms with Crippen molar-refractivity contribution in [3.8, 4) is 6.07 Å². The number of nitriles is 1. The lowest BCUT2D eigenvalue weighted by Crippen LogP contribution is -2.11. The number of benzene rings is 2. The number of nitrogens with zero attached hydrogens (tertiary/aromatic N) is 1. The first-order valence-electron chi connectivity index (χ1n) is 5.56. The molecule has 0 saturated carbocycles. The van der Waals surface area contributed by atoms with Crippen LogP contribution >= 0.6 is 22.6 Å². The summed E-state index contributed by atoms with van der Waals surface area (Å²) in [4.78, 5) is 12.3. The van der Waals surface area contributed by atoms with Crippen molar-refractivity contribution >= 4 is 28.4 Å². The Morgan fingerprint density at radius 1 is 1.11 bits per heavy atom. The molecule has 2 nitrogen and oxygen atoms in total. The maximum Gasteiger partial charge on any atom is 0.184 e. The zero-order chi connectivity index (χ0) is 13.8. The maximum absolute atomic E-state index is 12.9. The quantitative estimate of drug-likeness (QED) is 0.611. The van der Waals surface area contributed by atoms with Crippen LogP contribution in [-0.2, 0) is 0 Å². The van der Waals surface area contributed by atoms with Gasteiger partial charge in [-0.1, -0.05) is 24.3 Å². The highest BCUT2D eigenvalue weighted by Gasteiger charge is 2.21. The van der Waals surface area contributed by atoms with Crippen molar-refractivity contribution in [3.05, 3.63) is 69.0 Å². The van der Waals surface area contributed by atoms with Crippen LogP contribution in [0.2, 0.25) is 0 Å². The Hall–Kier alpha value is -1.74. The van der Waals surface area contributed by atoms with Crippen LogP contribution in [0.4, 0.5) is 4.39 Å². The highest BCUT2D eigenvalue weighted by Crippen LogP contribution is 2.21. The molecule has 0 aliphatic heterocycles. The van der Waals surface area contributed by atoms with E-state index >= 15 is 0 Å². The van der Waals surface area contributed by atoms with Gasteiger partial charge in [0.25, 0.3) is 0 Å². The highest BCUT2D eigenvalue weighted by molar-refractivity contribution is 14.1. The summed E-state index contributed by atoms with van der Waals surface area (Å²) >= 11 is 2.14. The van der Waals surface area contributed by atoms with E-state index in [1.54, 1.807) is 12.1 Å². The zero-order valence-corrected chi connectivity index (χ0v) is 12.0. The minimum Gasteiger partial charge on any atom is -0.292 e. The van der Waals surface area contributed by atoms with E-state index in [1.165, 1.54) is 24.3 Å². The largest absolute Gasteiger partial charge is 0.292 e. The molecule has 0 N–H and O–H groups in total. The molecule has 1 unspecified atom stereocenters. The smallest absolute Gasteiger partial charge is 0.184 e. The summed E-state index contributed by atoms with van der Waals surface area (Å²) in [6.45, 7) is 0. The van der Waals surface area contributed by atoms with Crippen molar-refractivity contribution in [1.82, 2.24) is 0 Å². The number of rotatable bonds is 3. The molecule has 1 atom stereocenters. The van der Waals surface area contributed by atoms with Gasteiger partial charge in [-0.2, -0.15) is 5.26 Å². The molecule has 4 heteroatoms. The molecule has 2 rings (SSSR count). The van der Waals surface area contributed by atoms with Crippen molar-refractivity contribution in [3.63, 3.8) is 0 Å². The molecule has 94 valence electrons. The summed E-state index contributed by atoms with van der Waals surface area (Å²) in [5.74, 6) is -1.56. The fraction of sp³-hybridized carbons (Fsp3) is 0.0667. The van der Waals surface area contributed by atoms with E-state index in [1.807, 2.05) is 18.2 Å². The second-order valence-electron chi connectivity index (χ2n) is 3.98. The predicted octanol–water partition coefficient (Wildman–Crippen LogP) is 3.92. The van der Waals surface area contributed by atoms with Crippen molar-refractivity contribution in [2.24, 2.45) is 0 Å². The van der Waals surface area contributed by atoms with Crippen molar-refractivity contribution in [2.75, 3.05) is 0 Å². The van der Waals surface area contributed by atoms with Crippen LogP contribution in [0.1, 0.15) is 21.8 Å². The fourth-order valence-corrected chi connectivity index (χ4v) is 2.08. The van der Waals surface area contributed by atoms with E-state index < -0.39 is 5.92 Å². The minimum atomic E-state index is -0.902. The van der Waals surface area contributed by atoms with E-state index in [-0.39, 0.29) is 11.6 Å². The molecular formula is C15H9FINO. The third-order valence-electron chi connectivity index (χ3n) is 2.72. The summed E-state index contributed by atoms with van der Waals surface area (Å²) < 4.78 is 13.9. The molecule has 0 heterocycles. The fourth-order valence-electron chi connectivity index (χ4n) is 1.72. The van der Waals surface area contributed by atoms with Crippen LogP contribution in [0.5, 0.6) is 0 Å². The van der Waals surface area contributed by atoms with Gasteiger partial charge in [-0.3, -0.25) is 4.79 Å². The predicted molar refractivity (Wildman–Crippen MR) is 78.2 cm³/mol. The summed E-state index contributed by atoms with van der Waals surface area (Å²) in [5, 5.41) is 9.17. The van der Waals surface area contributed by atoms with Crippen LogP contribution in [0.15, 0.2) is 48.5 Å². The SMILES string of the molecule is N#CC(C(=O)c1ccc(I)cc1)c1ccc(F)cc1. The van der Waals surface area contributed by atoms with Gasteiger partial charge in [0.05, 0.1) is 6.07 Å². The molecule has 0 aliphatic rings. The average molecular weight is 365 g/mol. The monoisotopic (exact) mass is 365 g/mol. The van der Waals surface area contributed by atoms with Crippen molar-refractivity contribution < 1.29 is 9.18 Å². The minimum absolute atomic E-state index is 0.273. The Balaban J connectivity index is 2.32. The Labute approximate surface area is 124 Å². The Morgan fingerprint density at radius 2 is 1.68 bits per heavy atom. The molecule has 0 aromatic heterocycles. The number of halogens is 2. The Bertz CT molecular complexity index is 629. The number of hydrogen-bond acceptors (Lipinski definition) is 2. The summed E-state index contributed by atoms with van der Waals surface area (Å²) in [6.07, 6.45) is 0. The molecule has 19 heavy (non-hydrogen) atoms. The van der Waals surface area contributed by atoms with Gasteiger partial charge in [0.1, 0.15) is 11.7 Å². The Kier molecular flexibility index (Phi) is 4.27. The van der Waals surface area contributed by atoms with Gasteiger partial charge in [-0.05, 0) is 52.4 Å². The molecule has 0 saturated heterocycles. The topological polar surface area (TPSA) is 40.9 Å². The van der Waals surface area contributed by atoms with Gasteiger partial charge >= 0.3 is 0 Å². The van der Waals surface area contributed by atoms with Gasteiger partial charge in [0.2, 0.25) is 0 Å². The van der Waals surface area contributed by atoms with Crippen LogP contribution in [-0.4, -0.2) is 5.78 Å². The van der Waals surface area contributed by atoms with Crippen LogP contribution in [0.3, 0.4) is 0 Å². The zero-order valence-electron chi connectivity index (χ0n) is 9.81. The van der Waals surface area contributed by atoms with Crippen molar-refractivity contribution in [2.45, 2.75) is 5.92 Å². The molecule has 0 amide bonds. The molecule has 0 spiro atoms. The average Bonchev–Trinajstić information content (AvgIpc) is 2.42. The lowest BCUT2D eigenvalue weighted by atomic mass is 9.92. The highest BCUT2D eigenvalue weighted by atomic mass is 127. The number of carbonyl (C=O) groups is 1. The van der Waals surface area contributed by atoms with Gasteiger partial charge in [-0.25, -0.2) is 4.39 Å². The summed E-state index contributed by atoms with van der Waals surface area (Å²) in [6, 6.07) is 14.4. The molecule has 2 aromatic rings. The first-order valence-corrected chi connectivity index (χ1v) is 6.64. The lowest BCUT2D eigenvalue weighted by molar-refractivity contribution is 0.0979. The Morgan fingerprint density at radius 3 is 2.21 bits per heavy atom. The van der Waals surface area contributed by atoms with Crippen LogP contribution in [0.25, 0.3) is 0 Å². The normalized spacial score (nSPS) is 11.6. The number of Topliss-reactive ketones (excluding diaryl/α,β-unsaturated/α-hetero) is 1. The second kappa shape index (κ2) is 5.93. The first-order chi connectivity index (χ1) is 9.11. The standard InChI is InChI=1S/C15H9FINO/c16-12-5-1-10(2-6-12)14(9-18)15(19)11-3-7-13(17)8-4-11/h1-8,14H. The first kappa shape index (κ1) is 13.7. The molecule has 2 aromatic carbocycles. The van der Waals surface area contributed by atoms with Gasteiger partial charge in [0.15, 0.2) is 5.78 Å². The number of carbonyl (C=O) groups excluding carboxylic acids is 1. The third-order valence-corrected chi connectivity index (χ3v) is 3.44. The van der Waals surface area contributed by atoms with Crippen LogP contribution < -0.4 is 0 Å². The maximum atomic E-state index is 12.9. The number of hydrogen-bond donors (Lipinski definition) is 0. The summed E-state index contributed by atoms with van der Waals surface area (Å²) in [5.41, 5.74) is 0.990. The second-order valence-corrected chi connectivity index (χ2v) is 5.23. The molecule has 0 radical (unpaired) electrons. The third kappa shape index (κ3) is 3.18.